The number of rotatable bonds is 7. The molecule has 4 atom stereocenters. The summed E-state index contributed by atoms with van der Waals surface area (Å²) < 4.78 is 30.3. The second-order valence-electron chi connectivity index (χ2n) is 9.86. The van der Waals surface area contributed by atoms with Gasteiger partial charge in [0.1, 0.15) is 12.4 Å². The number of carboxylic acid groups (broad SMARTS) is 1. The summed E-state index contributed by atoms with van der Waals surface area (Å²) in [5, 5.41) is 12.9. The number of aromatic nitrogens is 4. The number of esters is 1. The number of aromatic carboxylic acids is 1. The molecule has 11 heteroatoms. The van der Waals surface area contributed by atoms with E-state index in [1.165, 1.54) is 44.1 Å². The van der Waals surface area contributed by atoms with Gasteiger partial charge in [-0.15, -0.1) is 0 Å². The summed E-state index contributed by atoms with van der Waals surface area (Å²) >= 11 is 0. The molecule has 0 amide bonds. The molecule has 0 saturated carbocycles. The highest BCUT2D eigenvalue weighted by atomic mass is 19.1. The lowest BCUT2D eigenvalue weighted by Crippen LogP contribution is -2.51. The Bertz CT molecular complexity index is 1560. The number of carboxylic acids is 1. The largest absolute Gasteiger partial charge is 0.478 e. The molecule has 3 heterocycles. The Morgan fingerprint density at radius 2 is 1.87 bits per heavy atom. The van der Waals surface area contributed by atoms with Gasteiger partial charge >= 0.3 is 11.9 Å². The highest BCUT2D eigenvalue weighted by Gasteiger charge is 2.67. The van der Waals surface area contributed by atoms with Gasteiger partial charge in [-0.3, -0.25) is 9.36 Å². The van der Waals surface area contributed by atoms with Crippen molar-refractivity contribution >= 4 is 28.9 Å². The predicted molar refractivity (Wildman–Crippen MR) is 140 cm³/mol. The summed E-state index contributed by atoms with van der Waals surface area (Å²) in [4.78, 5) is 37.1. The molecule has 4 aromatic rings. The van der Waals surface area contributed by atoms with E-state index in [2.05, 4.69) is 20.3 Å². The first-order valence-corrected chi connectivity index (χ1v) is 12.4. The van der Waals surface area contributed by atoms with Crippen LogP contribution in [0.2, 0.25) is 0 Å². The van der Waals surface area contributed by atoms with Crippen LogP contribution in [0.5, 0.6) is 0 Å². The first-order chi connectivity index (χ1) is 18.5. The van der Waals surface area contributed by atoms with Gasteiger partial charge in [0.05, 0.1) is 11.9 Å². The van der Waals surface area contributed by atoms with Crippen LogP contribution in [0.1, 0.15) is 60.2 Å². The number of hydrogen-bond donors (Lipinski definition) is 2. The molecule has 1 aliphatic heterocycles. The second kappa shape index (κ2) is 9.73. The number of carbonyl (C=O) groups is 2. The summed E-state index contributed by atoms with van der Waals surface area (Å²) in [5.41, 5.74) is -1.51. The fraction of sp³-hybridized carbons (Fsp3) is 0.321. The molecular formula is C28H28FN5O5. The van der Waals surface area contributed by atoms with E-state index in [-0.39, 0.29) is 5.56 Å². The highest BCUT2D eigenvalue weighted by Crippen LogP contribution is 2.57. The lowest BCUT2D eigenvalue weighted by atomic mass is 9.80. The lowest BCUT2D eigenvalue weighted by molar-refractivity contribution is -0.174. The standard InChI is InChI=1S/C28H28FN5O5/c1-16-19(11-8-12-20(16)25(36)37)22-28(4,39-17(2)35)27(3,29)26(38-22)34-15-33-21-23(31-14-32-24(21)34)30-13-18-9-6-5-7-10-18/h5-12,14-15,22,26H,13H2,1-4H3,(H,36,37)(H,30,31,32)/t22-,26+,27+,28-/m1/s1. The number of nitrogens with zero attached hydrogens (tertiary/aromatic N) is 4. The smallest absolute Gasteiger partial charge is 0.335 e. The molecule has 1 aliphatic rings. The zero-order valence-corrected chi connectivity index (χ0v) is 21.9. The van der Waals surface area contributed by atoms with Gasteiger partial charge in [0.15, 0.2) is 34.5 Å². The van der Waals surface area contributed by atoms with E-state index in [0.29, 0.717) is 34.7 Å². The minimum absolute atomic E-state index is 0.0419. The molecule has 0 aliphatic carbocycles. The predicted octanol–water partition coefficient (Wildman–Crippen LogP) is 4.77. The maximum Gasteiger partial charge on any atom is 0.335 e. The van der Waals surface area contributed by atoms with Crippen molar-refractivity contribution in [3.63, 3.8) is 0 Å². The van der Waals surface area contributed by atoms with Crippen molar-refractivity contribution in [1.29, 1.82) is 0 Å². The minimum Gasteiger partial charge on any atom is -0.478 e. The Labute approximate surface area is 223 Å². The van der Waals surface area contributed by atoms with Crippen molar-refractivity contribution < 1.29 is 28.6 Å². The molecule has 5 rings (SSSR count). The Hall–Kier alpha value is -4.38. The minimum atomic E-state index is -2.29. The molecule has 2 aromatic carbocycles. The van der Waals surface area contributed by atoms with Crippen molar-refractivity contribution in [1.82, 2.24) is 19.5 Å². The van der Waals surface area contributed by atoms with Gasteiger partial charge in [0, 0.05) is 13.5 Å². The summed E-state index contributed by atoms with van der Waals surface area (Å²) in [6.07, 6.45) is 0.311. The third kappa shape index (κ3) is 4.38. The van der Waals surface area contributed by atoms with Crippen LogP contribution in [-0.2, 0) is 20.8 Å². The van der Waals surface area contributed by atoms with Crippen LogP contribution in [0.4, 0.5) is 10.2 Å². The Morgan fingerprint density at radius 1 is 1.13 bits per heavy atom. The number of imidazole rings is 1. The first kappa shape index (κ1) is 26.2. The number of carbonyl (C=O) groups excluding carboxylic acids is 1. The molecule has 0 radical (unpaired) electrons. The molecule has 0 bridgehead atoms. The van der Waals surface area contributed by atoms with E-state index in [1.807, 2.05) is 30.3 Å². The first-order valence-electron chi connectivity index (χ1n) is 12.4. The van der Waals surface area contributed by atoms with Crippen molar-refractivity contribution in [2.24, 2.45) is 0 Å². The van der Waals surface area contributed by atoms with Gasteiger partial charge in [-0.25, -0.2) is 24.1 Å². The zero-order chi connectivity index (χ0) is 27.9. The quantitative estimate of drug-likeness (QED) is 0.323. The van der Waals surface area contributed by atoms with Crippen LogP contribution in [0.3, 0.4) is 0 Å². The summed E-state index contributed by atoms with van der Waals surface area (Å²) in [5.74, 6) is -1.37. The molecule has 1 fully saturated rings. The van der Waals surface area contributed by atoms with Gasteiger partial charge in [0.25, 0.3) is 0 Å². The number of anilines is 1. The molecule has 1 saturated heterocycles. The third-order valence-electron chi connectivity index (χ3n) is 7.36. The number of hydrogen-bond acceptors (Lipinski definition) is 8. The Balaban J connectivity index is 1.57. The van der Waals surface area contributed by atoms with E-state index in [0.717, 1.165) is 5.56 Å². The third-order valence-corrected chi connectivity index (χ3v) is 7.36. The number of nitrogens with one attached hydrogen (secondary N) is 1. The molecule has 0 unspecified atom stereocenters. The molecule has 2 N–H and O–H groups in total. The highest BCUT2D eigenvalue weighted by molar-refractivity contribution is 5.89. The number of benzene rings is 2. The fourth-order valence-electron chi connectivity index (χ4n) is 5.14. The molecule has 2 aromatic heterocycles. The number of ether oxygens (including phenoxy) is 2. The van der Waals surface area contributed by atoms with Gasteiger partial charge in [-0.05, 0) is 43.5 Å². The molecular weight excluding hydrogens is 505 g/mol. The van der Waals surface area contributed by atoms with Crippen LogP contribution >= 0.6 is 0 Å². The van der Waals surface area contributed by atoms with Gasteiger partial charge in [-0.2, -0.15) is 0 Å². The fourth-order valence-corrected chi connectivity index (χ4v) is 5.14. The Kier molecular flexibility index (Phi) is 6.55. The van der Waals surface area contributed by atoms with Gasteiger partial charge < -0.3 is 19.9 Å². The summed E-state index contributed by atoms with van der Waals surface area (Å²) in [7, 11) is 0. The van der Waals surface area contributed by atoms with Gasteiger partial charge in [-0.1, -0.05) is 42.5 Å². The monoisotopic (exact) mass is 533 g/mol. The van der Waals surface area contributed by atoms with Crippen LogP contribution < -0.4 is 5.32 Å². The van der Waals surface area contributed by atoms with Crippen LogP contribution in [0, 0.1) is 6.92 Å². The number of halogens is 1. The average molecular weight is 534 g/mol. The van der Waals surface area contributed by atoms with E-state index < -0.39 is 35.5 Å². The van der Waals surface area contributed by atoms with E-state index in [4.69, 9.17) is 9.47 Å². The zero-order valence-electron chi connectivity index (χ0n) is 21.9. The van der Waals surface area contributed by atoms with E-state index >= 15 is 4.39 Å². The van der Waals surface area contributed by atoms with Gasteiger partial charge in [0.2, 0.25) is 0 Å². The second-order valence-corrected chi connectivity index (χ2v) is 9.86. The SMILES string of the molecule is CC(=O)O[C@]1(C)[C@@H](c2cccc(C(=O)O)c2C)O[C@H](n2cnc3c(NCc4ccccc4)ncnc32)[C@]1(C)F. The molecule has 10 nitrogen and oxygen atoms in total. The summed E-state index contributed by atoms with van der Waals surface area (Å²) in [6.45, 7) is 6.04. The summed E-state index contributed by atoms with van der Waals surface area (Å²) in [6, 6.07) is 14.4. The molecule has 0 spiro atoms. The molecule has 202 valence electrons. The maximum absolute atomic E-state index is 16.9. The van der Waals surface area contributed by atoms with Crippen molar-refractivity contribution in [2.45, 2.75) is 57.8 Å². The topological polar surface area (TPSA) is 128 Å². The maximum atomic E-state index is 16.9. The Morgan fingerprint density at radius 3 is 2.56 bits per heavy atom. The van der Waals surface area contributed by atoms with E-state index in [1.54, 1.807) is 19.1 Å². The van der Waals surface area contributed by atoms with Crippen LogP contribution in [-0.4, -0.2) is 47.8 Å². The number of fused-ring (bicyclic) bond motifs is 1. The average Bonchev–Trinajstić information content (AvgIpc) is 3.40. The lowest BCUT2D eigenvalue weighted by Gasteiger charge is -2.37. The van der Waals surface area contributed by atoms with Crippen LogP contribution in [0.25, 0.3) is 11.2 Å². The van der Waals surface area contributed by atoms with Crippen molar-refractivity contribution in [2.75, 3.05) is 5.32 Å². The van der Waals surface area contributed by atoms with E-state index in [9.17, 15) is 14.7 Å². The van der Waals surface area contributed by atoms with Crippen molar-refractivity contribution in [3.8, 4) is 0 Å². The number of alkyl halides is 1. The molecule has 39 heavy (non-hydrogen) atoms. The van der Waals surface area contributed by atoms with Crippen LogP contribution in [0.15, 0.2) is 61.2 Å². The van der Waals surface area contributed by atoms with Crippen molar-refractivity contribution in [3.05, 3.63) is 83.4 Å². The normalized spacial score (nSPS) is 24.5.